The summed E-state index contributed by atoms with van der Waals surface area (Å²) in [7, 11) is 0. The second kappa shape index (κ2) is 4.19. The van der Waals surface area contributed by atoms with Gasteiger partial charge >= 0.3 is 5.97 Å². The van der Waals surface area contributed by atoms with Gasteiger partial charge in [-0.15, -0.1) is 0 Å². The molecule has 0 aromatic heterocycles. The molecule has 3 heteroatoms. The number of hydrogen-bond acceptors (Lipinski definition) is 3. The van der Waals surface area contributed by atoms with Crippen molar-refractivity contribution in [1.29, 1.82) is 0 Å². The van der Waals surface area contributed by atoms with Gasteiger partial charge in [-0.2, -0.15) is 0 Å². The van der Waals surface area contributed by atoms with Crippen molar-refractivity contribution in [2.45, 2.75) is 53.4 Å². The molecule has 20 heavy (non-hydrogen) atoms. The first-order chi connectivity index (χ1) is 9.33. The van der Waals surface area contributed by atoms with E-state index < -0.39 is 0 Å². The summed E-state index contributed by atoms with van der Waals surface area (Å²) in [5, 5.41) is 0. The Hall–Kier alpha value is -1.12. The molecular formula is C17H24O3. The molecule has 4 atom stereocenters. The molecule has 3 nitrogen and oxygen atoms in total. The third-order valence-electron chi connectivity index (χ3n) is 6.58. The molecule has 3 aliphatic rings. The molecule has 2 bridgehead atoms. The number of rotatable bonds is 2. The van der Waals surface area contributed by atoms with Crippen molar-refractivity contribution in [2.75, 3.05) is 6.61 Å². The average Bonchev–Trinajstić information content (AvgIpc) is 2.70. The zero-order chi connectivity index (χ0) is 14.7. The lowest BCUT2D eigenvalue weighted by Gasteiger charge is -2.52. The standard InChI is InChI=1S/C17H24O3/c1-10-5-6-13-7-14-11(2)15(19)8-17(10,14)16(13,4)9-20-12(3)18/h10,13H,5-9H2,1-4H3. The monoisotopic (exact) mass is 276 g/mol. The van der Waals surface area contributed by atoms with Gasteiger partial charge in [0.25, 0.3) is 0 Å². The molecule has 3 rings (SSSR count). The van der Waals surface area contributed by atoms with Gasteiger partial charge in [0.2, 0.25) is 0 Å². The van der Waals surface area contributed by atoms with Crippen LogP contribution in [0.1, 0.15) is 53.4 Å². The lowest BCUT2D eigenvalue weighted by Crippen LogP contribution is -2.50. The minimum absolute atomic E-state index is 0.0491. The maximum Gasteiger partial charge on any atom is 0.302 e. The minimum Gasteiger partial charge on any atom is -0.465 e. The average molecular weight is 276 g/mol. The predicted octanol–water partition coefficient (Wildman–Crippen LogP) is 3.28. The summed E-state index contributed by atoms with van der Waals surface area (Å²) in [6, 6.07) is 0. The van der Waals surface area contributed by atoms with Crippen LogP contribution in [0.5, 0.6) is 0 Å². The third kappa shape index (κ3) is 1.47. The van der Waals surface area contributed by atoms with Crippen molar-refractivity contribution in [3.05, 3.63) is 11.1 Å². The Morgan fingerprint density at radius 2 is 2.10 bits per heavy atom. The number of ether oxygens (including phenoxy) is 1. The number of carbonyl (C=O) groups excluding carboxylic acids is 2. The van der Waals surface area contributed by atoms with E-state index in [0.717, 1.165) is 12.0 Å². The quantitative estimate of drug-likeness (QED) is 0.727. The molecule has 0 amide bonds. The predicted molar refractivity (Wildman–Crippen MR) is 76.0 cm³/mol. The summed E-state index contributed by atoms with van der Waals surface area (Å²) < 4.78 is 5.41. The third-order valence-corrected chi connectivity index (χ3v) is 6.58. The number of hydrogen-bond donors (Lipinski definition) is 0. The Bertz CT molecular complexity index is 518. The number of allylic oxidation sites excluding steroid dienone is 2. The van der Waals surface area contributed by atoms with E-state index in [-0.39, 0.29) is 16.8 Å². The zero-order valence-electron chi connectivity index (χ0n) is 12.9. The van der Waals surface area contributed by atoms with E-state index in [9.17, 15) is 9.59 Å². The van der Waals surface area contributed by atoms with E-state index in [2.05, 4.69) is 13.8 Å². The Kier molecular flexibility index (Phi) is 2.90. The van der Waals surface area contributed by atoms with Crippen LogP contribution in [0.3, 0.4) is 0 Å². The molecule has 0 heterocycles. The van der Waals surface area contributed by atoms with Crippen LogP contribution in [0.4, 0.5) is 0 Å². The van der Waals surface area contributed by atoms with E-state index in [1.807, 2.05) is 6.92 Å². The molecule has 0 aromatic rings. The molecule has 1 spiro atoms. The number of esters is 1. The topological polar surface area (TPSA) is 43.4 Å². The normalized spacial score (nSPS) is 42.9. The first-order valence-electron chi connectivity index (χ1n) is 7.69. The van der Waals surface area contributed by atoms with Crippen LogP contribution in [-0.2, 0) is 14.3 Å². The van der Waals surface area contributed by atoms with Crippen LogP contribution in [0.2, 0.25) is 0 Å². The highest BCUT2D eigenvalue weighted by Gasteiger charge is 2.67. The summed E-state index contributed by atoms with van der Waals surface area (Å²) >= 11 is 0. The van der Waals surface area contributed by atoms with Gasteiger partial charge in [0.05, 0.1) is 6.61 Å². The van der Waals surface area contributed by atoms with Crippen molar-refractivity contribution in [3.8, 4) is 0 Å². The van der Waals surface area contributed by atoms with Crippen LogP contribution in [0.25, 0.3) is 0 Å². The summed E-state index contributed by atoms with van der Waals surface area (Å²) in [4.78, 5) is 23.5. The molecule has 110 valence electrons. The molecule has 0 aromatic carbocycles. The van der Waals surface area contributed by atoms with Crippen LogP contribution in [-0.4, -0.2) is 18.4 Å². The van der Waals surface area contributed by atoms with Gasteiger partial charge in [0.1, 0.15) is 0 Å². The van der Waals surface area contributed by atoms with Crippen molar-refractivity contribution in [3.63, 3.8) is 0 Å². The first-order valence-corrected chi connectivity index (χ1v) is 7.69. The second-order valence-corrected chi connectivity index (χ2v) is 7.25. The molecule has 2 saturated carbocycles. The van der Waals surface area contributed by atoms with E-state index in [1.54, 1.807) is 0 Å². The first kappa shape index (κ1) is 13.8. The number of ketones is 1. The van der Waals surface area contributed by atoms with Crippen molar-refractivity contribution in [1.82, 2.24) is 0 Å². The van der Waals surface area contributed by atoms with E-state index in [0.29, 0.717) is 30.6 Å². The minimum atomic E-state index is -0.216. The Labute approximate surface area is 120 Å². The smallest absolute Gasteiger partial charge is 0.302 e. The molecule has 4 unspecified atom stereocenters. The van der Waals surface area contributed by atoms with Gasteiger partial charge in [-0.1, -0.05) is 19.4 Å². The Morgan fingerprint density at radius 1 is 1.40 bits per heavy atom. The SMILES string of the molecule is CC(=O)OCC1(C)C2CCC(C)C13CC(=O)C(C)=C3C2. The fourth-order valence-electron chi connectivity index (χ4n) is 5.36. The van der Waals surface area contributed by atoms with E-state index >= 15 is 0 Å². The lowest BCUT2D eigenvalue weighted by molar-refractivity contribution is -0.152. The molecule has 0 saturated heterocycles. The molecule has 0 N–H and O–H groups in total. The van der Waals surface area contributed by atoms with Gasteiger partial charge in [-0.3, -0.25) is 9.59 Å². The van der Waals surface area contributed by atoms with Crippen LogP contribution < -0.4 is 0 Å². The van der Waals surface area contributed by atoms with Crippen molar-refractivity contribution < 1.29 is 14.3 Å². The van der Waals surface area contributed by atoms with Crippen LogP contribution >= 0.6 is 0 Å². The highest BCUT2D eigenvalue weighted by atomic mass is 16.5. The summed E-state index contributed by atoms with van der Waals surface area (Å²) in [5.74, 6) is 1.14. The molecular weight excluding hydrogens is 252 g/mol. The Balaban J connectivity index is 2.08. The molecule has 2 fully saturated rings. The van der Waals surface area contributed by atoms with Gasteiger partial charge < -0.3 is 4.74 Å². The molecule has 0 aliphatic heterocycles. The van der Waals surface area contributed by atoms with Crippen LogP contribution in [0, 0.1) is 22.7 Å². The Morgan fingerprint density at radius 3 is 2.75 bits per heavy atom. The van der Waals surface area contributed by atoms with Gasteiger partial charge in [-0.05, 0) is 43.6 Å². The number of Topliss-reactive ketones (excluding diaryl/α,β-unsaturated/α-hetero) is 1. The molecule has 0 radical (unpaired) electrons. The highest BCUT2D eigenvalue weighted by Crippen LogP contribution is 2.72. The van der Waals surface area contributed by atoms with Crippen LogP contribution in [0.15, 0.2) is 11.1 Å². The number of fused-ring (bicyclic) bond motifs is 1. The summed E-state index contributed by atoms with van der Waals surface area (Å²) in [5.41, 5.74) is 2.26. The molecule has 3 aliphatic carbocycles. The number of carbonyl (C=O) groups is 2. The van der Waals surface area contributed by atoms with E-state index in [4.69, 9.17) is 4.74 Å². The maximum atomic E-state index is 12.3. The van der Waals surface area contributed by atoms with E-state index in [1.165, 1.54) is 25.3 Å². The highest BCUT2D eigenvalue weighted by molar-refractivity contribution is 6.00. The lowest BCUT2D eigenvalue weighted by atomic mass is 9.52. The van der Waals surface area contributed by atoms with Crippen molar-refractivity contribution in [2.24, 2.45) is 22.7 Å². The van der Waals surface area contributed by atoms with Gasteiger partial charge in [0, 0.05) is 24.2 Å². The fourth-order valence-corrected chi connectivity index (χ4v) is 5.36. The van der Waals surface area contributed by atoms with Crippen molar-refractivity contribution >= 4 is 11.8 Å². The largest absolute Gasteiger partial charge is 0.465 e. The van der Waals surface area contributed by atoms with Gasteiger partial charge in [-0.25, -0.2) is 0 Å². The summed E-state index contributed by atoms with van der Waals surface area (Å²) in [6.45, 7) is 8.44. The summed E-state index contributed by atoms with van der Waals surface area (Å²) in [6.07, 6.45) is 4.03. The second-order valence-electron chi connectivity index (χ2n) is 7.25. The fraction of sp³-hybridized carbons (Fsp3) is 0.765. The zero-order valence-corrected chi connectivity index (χ0v) is 12.9. The van der Waals surface area contributed by atoms with Gasteiger partial charge in [0.15, 0.2) is 5.78 Å². The maximum absolute atomic E-state index is 12.3.